The van der Waals surface area contributed by atoms with Crippen LogP contribution < -0.4 is 10.2 Å². The number of benzene rings is 2. The molecule has 2 aromatic carbocycles. The first-order valence-electron chi connectivity index (χ1n) is 8.83. The zero-order valence-corrected chi connectivity index (χ0v) is 15.4. The first kappa shape index (κ1) is 18.0. The molecule has 0 aromatic heterocycles. The Bertz CT molecular complexity index is 801. The molecular formula is C21H24N2O3. The van der Waals surface area contributed by atoms with E-state index < -0.39 is 0 Å². The number of carbonyl (C=O) groups excluding carboxylic acids is 2. The Hall–Kier alpha value is -2.82. The minimum absolute atomic E-state index is 0.0222. The van der Waals surface area contributed by atoms with Crippen LogP contribution in [0.2, 0.25) is 0 Å². The van der Waals surface area contributed by atoms with Crippen LogP contribution in [0.1, 0.15) is 40.9 Å². The maximum Gasteiger partial charge on any atom is 0.337 e. The van der Waals surface area contributed by atoms with Crippen molar-refractivity contribution in [3.05, 3.63) is 65.2 Å². The molecule has 0 spiro atoms. The van der Waals surface area contributed by atoms with Crippen LogP contribution in [0, 0.1) is 6.92 Å². The number of nitrogens with one attached hydrogen (secondary N) is 1. The van der Waals surface area contributed by atoms with E-state index in [2.05, 4.69) is 36.2 Å². The Morgan fingerprint density at radius 2 is 1.88 bits per heavy atom. The number of hydrogen-bond donors (Lipinski definition) is 1. The fraction of sp³-hybridized carbons (Fsp3) is 0.333. The number of hydrogen-bond acceptors (Lipinski definition) is 4. The second-order valence-electron chi connectivity index (χ2n) is 6.57. The molecule has 1 saturated heterocycles. The van der Waals surface area contributed by atoms with Gasteiger partial charge in [0.1, 0.15) is 6.04 Å². The van der Waals surface area contributed by atoms with Gasteiger partial charge in [0.15, 0.2) is 0 Å². The first-order valence-corrected chi connectivity index (χ1v) is 8.83. The summed E-state index contributed by atoms with van der Waals surface area (Å²) in [7, 11) is 1.37. The molecule has 1 aliphatic rings. The predicted octanol–water partition coefficient (Wildman–Crippen LogP) is 3.24. The van der Waals surface area contributed by atoms with Gasteiger partial charge in [0.2, 0.25) is 5.91 Å². The number of ether oxygens (including phenoxy) is 1. The van der Waals surface area contributed by atoms with Gasteiger partial charge >= 0.3 is 5.97 Å². The van der Waals surface area contributed by atoms with Crippen molar-refractivity contribution in [2.75, 3.05) is 18.6 Å². The molecule has 0 aliphatic carbocycles. The Labute approximate surface area is 154 Å². The molecule has 26 heavy (non-hydrogen) atoms. The van der Waals surface area contributed by atoms with Gasteiger partial charge in [0.05, 0.1) is 18.7 Å². The van der Waals surface area contributed by atoms with Gasteiger partial charge in [-0.2, -0.15) is 0 Å². The van der Waals surface area contributed by atoms with Crippen LogP contribution in [0.15, 0.2) is 48.5 Å². The Kier molecular flexibility index (Phi) is 5.26. The van der Waals surface area contributed by atoms with Crippen LogP contribution in [0.3, 0.4) is 0 Å². The molecule has 1 N–H and O–H groups in total. The number of anilines is 1. The molecule has 2 atom stereocenters. The molecule has 0 saturated carbocycles. The number of esters is 1. The van der Waals surface area contributed by atoms with Gasteiger partial charge < -0.3 is 15.0 Å². The van der Waals surface area contributed by atoms with E-state index in [0.29, 0.717) is 12.1 Å². The van der Waals surface area contributed by atoms with Gasteiger partial charge in [0.25, 0.3) is 0 Å². The standard InChI is InChI=1S/C21H24N2O3/c1-14-6-4-5-7-18(14)15(2)23(19-12-13-22-20(19)24)17-10-8-16(9-11-17)21(25)26-3/h4-11,15,19H,12-13H2,1-3H3,(H,22,24). The fourth-order valence-corrected chi connectivity index (χ4v) is 3.61. The molecule has 1 aliphatic heterocycles. The average Bonchev–Trinajstić information content (AvgIpc) is 3.08. The highest BCUT2D eigenvalue weighted by molar-refractivity contribution is 5.90. The van der Waals surface area contributed by atoms with Crippen LogP contribution in [0.25, 0.3) is 0 Å². The molecule has 1 amide bonds. The second kappa shape index (κ2) is 7.60. The largest absolute Gasteiger partial charge is 0.465 e. The number of methoxy groups -OCH3 is 1. The summed E-state index contributed by atoms with van der Waals surface area (Å²) in [5.74, 6) is -0.323. The molecule has 2 aromatic rings. The highest BCUT2D eigenvalue weighted by Crippen LogP contribution is 2.33. The van der Waals surface area contributed by atoms with Crippen LogP contribution in [0.5, 0.6) is 0 Å². The van der Waals surface area contributed by atoms with Crippen molar-refractivity contribution in [3.8, 4) is 0 Å². The fourth-order valence-electron chi connectivity index (χ4n) is 3.61. The van der Waals surface area contributed by atoms with Crippen molar-refractivity contribution in [1.29, 1.82) is 0 Å². The minimum atomic E-state index is -0.367. The molecule has 3 rings (SSSR count). The molecule has 5 heteroatoms. The summed E-state index contributed by atoms with van der Waals surface area (Å²) < 4.78 is 4.77. The highest BCUT2D eigenvalue weighted by atomic mass is 16.5. The van der Waals surface area contributed by atoms with E-state index >= 15 is 0 Å². The lowest BCUT2D eigenvalue weighted by Crippen LogP contribution is -2.42. The maximum atomic E-state index is 12.4. The van der Waals surface area contributed by atoms with Crippen LogP contribution in [0.4, 0.5) is 5.69 Å². The molecule has 0 bridgehead atoms. The maximum absolute atomic E-state index is 12.4. The SMILES string of the molecule is COC(=O)c1ccc(N(C2CCNC2=O)C(C)c2ccccc2C)cc1. The molecule has 136 valence electrons. The number of rotatable bonds is 5. The Balaban J connectivity index is 2.00. The van der Waals surface area contributed by atoms with Crippen molar-refractivity contribution in [2.45, 2.75) is 32.4 Å². The number of amides is 1. The normalized spacial score (nSPS) is 17.5. The summed E-state index contributed by atoms with van der Waals surface area (Å²) in [6, 6.07) is 15.3. The summed E-state index contributed by atoms with van der Waals surface area (Å²) in [6.45, 7) is 4.88. The summed E-state index contributed by atoms with van der Waals surface area (Å²) in [4.78, 5) is 26.3. The van der Waals surface area contributed by atoms with E-state index in [1.807, 2.05) is 24.3 Å². The number of nitrogens with zero attached hydrogens (tertiary/aromatic N) is 1. The smallest absolute Gasteiger partial charge is 0.337 e. The lowest BCUT2D eigenvalue weighted by Gasteiger charge is -2.36. The topological polar surface area (TPSA) is 58.6 Å². The summed E-state index contributed by atoms with van der Waals surface area (Å²) >= 11 is 0. The van der Waals surface area contributed by atoms with Crippen molar-refractivity contribution in [2.24, 2.45) is 0 Å². The van der Waals surface area contributed by atoms with E-state index in [1.54, 1.807) is 12.1 Å². The lowest BCUT2D eigenvalue weighted by molar-refractivity contribution is -0.120. The van der Waals surface area contributed by atoms with Gasteiger partial charge in [0, 0.05) is 12.2 Å². The zero-order valence-electron chi connectivity index (χ0n) is 15.4. The van der Waals surface area contributed by atoms with Gasteiger partial charge in [-0.3, -0.25) is 4.79 Å². The van der Waals surface area contributed by atoms with Crippen molar-refractivity contribution < 1.29 is 14.3 Å². The lowest BCUT2D eigenvalue weighted by atomic mass is 9.98. The van der Waals surface area contributed by atoms with E-state index in [4.69, 9.17) is 4.74 Å². The van der Waals surface area contributed by atoms with Gasteiger partial charge in [-0.25, -0.2) is 4.79 Å². The molecule has 5 nitrogen and oxygen atoms in total. The molecular weight excluding hydrogens is 328 g/mol. The first-order chi connectivity index (χ1) is 12.5. The van der Waals surface area contributed by atoms with Crippen molar-refractivity contribution in [1.82, 2.24) is 5.32 Å². The van der Waals surface area contributed by atoms with Crippen LogP contribution in [-0.4, -0.2) is 31.6 Å². The molecule has 1 heterocycles. The Morgan fingerprint density at radius 1 is 1.19 bits per heavy atom. The van der Waals surface area contributed by atoms with Crippen molar-refractivity contribution in [3.63, 3.8) is 0 Å². The van der Waals surface area contributed by atoms with Gasteiger partial charge in [-0.1, -0.05) is 24.3 Å². The molecule has 0 radical (unpaired) electrons. The van der Waals surface area contributed by atoms with Crippen LogP contribution in [-0.2, 0) is 9.53 Å². The monoisotopic (exact) mass is 352 g/mol. The third-order valence-corrected chi connectivity index (χ3v) is 5.00. The summed E-state index contributed by atoms with van der Waals surface area (Å²) in [5.41, 5.74) is 3.78. The number of carbonyl (C=O) groups is 2. The zero-order chi connectivity index (χ0) is 18.7. The highest BCUT2D eigenvalue weighted by Gasteiger charge is 2.34. The molecule has 1 fully saturated rings. The van der Waals surface area contributed by atoms with Gasteiger partial charge in [-0.15, -0.1) is 0 Å². The van der Waals surface area contributed by atoms with E-state index in [-0.39, 0.29) is 24.0 Å². The predicted molar refractivity (Wildman–Crippen MR) is 101 cm³/mol. The van der Waals surface area contributed by atoms with Gasteiger partial charge in [-0.05, 0) is 55.7 Å². The molecule has 2 unspecified atom stereocenters. The van der Waals surface area contributed by atoms with E-state index in [9.17, 15) is 9.59 Å². The Morgan fingerprint density at radius 3 is 2.46 bits per heavy atom. The summed E-state index contributed by atoms with van der Waals surface area (Å²) in [5, 5.41) is 2.92. The minimum Gasteiger partial charge on any atom is -0.465 e. The van der Waals surface area contributed by atoms with E-state index in [1.165, 1.54) is 18.2 Å². The quantitative estimate of drug-likeness (QED) is 0.840. The summed E-state index contributed by atoms with van der Waals surface area (Å²) in [6.07, 6.45) is 0.758. The third kappa shape index (κ3) is 3.43. The second-order valence-corrected chi connectivity index (χ2v) is 6.57. The third-order valence-electron chi connectivity index (χ3n) is 5.00. The van der Waals surface area contributed by atoms with Crippen molar-refractivity contribution >= 4 is 17.6 Å². The van der Waals surface area contributed by atoms with Crippen LogP contribution >= 0.6 is 0 Å². The van der Waals surface area contributed by atoms with E-state index in [0.717, 1.165) is 12.1 Å². The average molecular weight is 352 g/mol. The number of aryl methyl sites for hydroxylation is 1.